The Balaban J connectivity index is 1.70. The first-order chi connectivity index (χ1) is 15.4. The summed E-state index contributed by atoms with van der Waals surface area (Å²) in [5, 5.41) is 0. The first-order valence-corrected chi connectivity index (χ1v) is 11.9. The van der Waals surface area contributed by atoms with E-state index in [1.807, 2.05) is 0 Å². The molecule has 5 rings (SSSR count). The van der Waals surface area contributed by atoms with Crippen LogP contribution in [0.2, 0.25) is 0 Å². The average molecular weight is 417 g/mol. The van der Waals surface area contributed by atoms with E-state index in [-0.39, 0.29) is 5.41 Å². The summed E-state index contributed by atoms with van der Waals surface area (Å²) in [6.07, 6.45) is 2.22. The van der Waals surface area contributed by atoms with Crippen molar-refractivity contribution >= 4 is 0 Å². The summed E-state index contributed by atoms with van der Waals surface area (Å²) in [5.74, 6) is 0. The fourth-order valence-corrected chi connectivity index (χ4v) is 5.52. The molecule has 0 amide bonds. The molecule has 0 atom stereocenters. The van der Waals surface area contributed by atoms with Crippen molar-refractivity contribution < 1.29 is 0 Å². The highest BCUT2D eigenvalue weighted by atomic mass is 14.4. The minimum atomic E-state index is 0.0191. The van der Waals surface area contributed by atoms with Crippen molar-refractivity contribution in [3.05, 3.63) is 107 Å². The Morgan fingerprint density at radius 2 is 1.28 bits per heavy atom. The highest BCUT2D eigenvalue weighted by Crippen LogP contribution is 2.50. The van der Waals surface area contributed by atoms with Crippen molar-refractivity contribution in [2.75, 3.05) is 0 Å². The molecule has 0 bridgehead atoms. The monoisotopic (exact) mass is 416 g/mol. The smallest absolute Gasteiger partial charge is 0.0159 e. The van der Waals surface area contributed by atoms with Gasteiger partial charge in [0, 0.05) is 5.41 Å². The molecule has 1 aliphatic carbocycles. The molecule has 0 aromatic heterocycles. The molecule has 160 valence electrons. The summed E-state index contributed by atoms with van der Waals surface area (Å²) in [7, 11) is 0. The molecule has 0 saturated heterocycles. The summed E-state index contributed by atoms with van der Waals surface area (Å²) < 4.78 is 0. The summed E-state index contributed by atoms with van der Waals surface area (Å²) in [6, 6.07) is 29.7. The third-order valence-corrected chi connectivity index (χ3v) is 7.25. The van der Waals surface area contributed by atoms with E-state index in [1.54, 1.807) is 0 Å². The van der Waals surface area contributed by atoms with Gasteiger partial charge in [0.25, 0.3) is 0 Å². The normalized spacial score (nSPS) is 13.7. The minimum absolute atomic E-state index is 0.0191. The molecule has 32 heavy (non-hydrogen) atoms. The molecule has 4 aromatic rings. The lowest BCUT2D eigenvalue weighted by Gasteiger charge is -2.23. The number of aryl methyl sites for hydroxylation is 2. The van der Waals surface area contributed by atoms with Crippen molar-refractivity contribution in [3.8, 4) is 33.4 Å². The molecule has 0 aliphatic heterocycles. The molecule has 1 aliphatic rings. The van der Waals surface area contributed by atoms with Gasteiger partial charge in [-0.05, 0) is 82.0 Å². The van der Waals surface area contributed by atoms with E-state index >= 15 is 0 Å². The topological polar surface area (TPSA) is 0 Å². The van der Waals surface area contributed by atoms with Crippen LogP contribution in [0.5, 0.6) is 0 Å². The van der Waals surface area contributed by atoms with Gasteiger partial charge in [0.1, 0.15) is 0 Å². The lowest BCUT2D eigenvalue weighted by Crippen LogP contribution is -2.15. The predicted molar refractivity (Wildman–Crippen MR) is 138 cm³/mol. The molecule has 0 radical (unpaired) electrons. The zero-order valence-electron chi connectivity index (χ0n) is 19.9. The predicted octanol–water partition coefficient (Wildman–Crippen LogP) is 8.90. The van der Waals surface area contributed by atoms with E-state index < -0.39 is 0 Å². The average Bonchev–Trinajstić information content (AvgIpc) is 3.01. The van der Waals surface area contributed by atoms with Crippen LogP contribution in [0.25, 0.3) is 33.4 Å². The first-order valence-electron chi connectivity index (χ1n) is 11.9. The highest BCUT2D eigenvalue weighted by Gasteiger charge is 2.35. The van der Waals surface area contributed by atoms with Crippen molar-refractivity contribution in [1.82, 2.24) is 0 Å². The molecule has 0 heterocycles. The summed E-state index contributed by atoms with van der Waals surface area (Å²) >= 11 is 0. The van der Waals surface area contributed by atoms with Crippen LogP contribution in [-0.2, 0) is 11.8 Å². The van der Waals surface area contributed by atoms with Crippen LogP contribution in [0.4, 0.5) is 0 Å². The van der Waals surface area contributed by atoms with Gasteiger partial charge in [0.2, 0.25) is 0 Å². The zero-order chi connectivity index (χ0) is 22.5. The quantitative estimate of drug-likeness (QED) is 0.311. The molecule has 0 heteroatoms. The lowest BCUT2D eigenvalue weighted by molar-refractivity contribution is 0.660. The zero-order valence-corrected chi connectivity index (χ0v) is 19.9. The van der Waals surface area contributed by atoms with Gasteiger partial charge in [-0.3, -0.25) is 0 Å². The molecule has 0 fully saturated rings. The van der Waals surface area contributed by atoms with Gasteiger partial charge in [0.15, 0.2) is 0 Å². The summed E-state index contributed by atoms with van der Waals surface area (Å²) in [6.45, 7) is 11.4. The highest BCUT2D eigenvalue weighted by molar-refractivity contribution is 5.86. The SMILES string of the molecule is CCCc1c(-c2ccc3c(c2)C(C)(C)c2cc(C)ccc2-3)cccc1-c1ccccc1C. The van der Waals surface area contributed by atoms with Crippen molar-refractivity contribution in [1.29, 1.82) is 0 Å². The summed E-state index contributed by atoms with van der Waals surface area (Å²) in [5.41, 5.74) is 15.3. The molecular formula is C32H32. The third kappa shape index (κ3) is 3.21. The van der Waals surface area contributed by atoms with Crippen molar-refractivity contribution in [3.63, 3.8) is 0 Å². The largest absolute Gasteiger partial charge is 0.0651 e. The van der Waals surface area contributed by atoms with Crippen molar-refractivity contribution in [2.24, 2.45) is 0 Å². The second-order valence-corrected chi connectivity index (χ2v) is 9.83. The number of hydrogen-bond donors (Lipinski definition) is 0. The molecule has 0 spiro atoms. The third-order valence-electron chi connectivity index (χ3n) is 7.25. The standard InChI is InChI=1S/C32H32/c1-6-10-26-25(13-9-14-27(26)24-12-8-7-11-22(24)3)23-16-18-29-28-17-15-21(2)19-30(28)32(4,5)31(29)20-23/h7-9,11-20H,6,10H2,1-5H3. The Bertz CT molecular complexity index is 1320. The Hall–Kier alpha value is -3.12. The van der Waals surface area contributed by atoms with Gasteiger partial charge in [-0.15, -0.1) is 0 Å². The number of hydrogen-bond acceptors (Lipinski definition) is 0. The van der Waals surface area contributed by atoms with E-state index in [9.17, 15) is 0 Å². The Kier molecular flexibility index (Phi) is 5.05. The molecule has 0 nitrogen and oxygen atoms in total. The number of fused-ring (bicyclic) bond motifs is 3. The van der Waals surface area contributed by atoms with Gasteiger partial charge in [-0.25, -0.2) is 0 Å². The molecule has 0 saturated carbocycles. The van der Waals surface area contributed by atoms with E-state index in [0.29, 0.717) is 0 Å². The van der Waals surface area contributed by atoms with Crippen LogP contribution in [0.1, 0.15) is 55.0 Å². The van der Waals surface area contributed by atoms with Gasteiger partial charge in [-0.1, -0.05) is 106 Å². The molecule has 0 unspecified atom stereocenters. The van der Waals surface area contributed by atoms with Gasteiger partial charge in [-0.2, -0.15) is 0 Å². The molecule has 4 aromatic carbocycles. The van der Waals surface area contributed by atoms with Crippen LogP contribution in [-0.4, -0.2) is 0 Å². The van der Waals surface area contributed by atoms with Crippen LogP contribution in [0.15, 0.2) is 78.9 Å². The second-order valence-electron chi connectivity index (χ2n) is 9.83. The minimum Gasteiger partial charge on any atom is -0.0651 e. The van der Waals surface area contributed by atoms with E-state index in [4.69, 9.17) is 0 Å². The first kappa shape index (κ1) is 20.8. The van der Waals surface area contributed by atoms with Crippen LogP contribution < -0.4 is 0 Å². The van der Waals surface area contributed by atoms with Crippen LogP contribution >= 0.6 is 0 Å². The van der Waals surface area contributed by atoms with Crippen LogP contribution in [0.3, 0.4) is 0 Å². The second kappa shape index (κ2) is 7.78. The van der Waals surface area contributed by atoms with Gasteiger partial charge in [0.05, 0.1) is 0 Å². The number of benzene rings is 4. The maximum absolute atomic E-state index is 2.46. The van der Waals surface area contributed by atoms with E-state index in [1.165, 1.54) is 61.2 Å². The van der Waals surface area contributed by atoms with Gasteiger partial charge < -0.3 is 0 Å². The lowest BCUT2D eigenvalue weighted by atomic mass is 9.80. The Morgan fingerprint density at radius 3 is 2.03 bits per heavy atom. The fourth-order valence-electron chi connectivity index (χ4n) is 5.52. The summed E-state index contributed by atoms with van der Waals surface area (Å²) in [4.78, 5) is 0. The van der Waals surface area contributed by atoms with Crippen LogP contribution in [0, 0.1) is 13.8 Å². The van der Waals surface area contributed by atoms with Gasteiger partial charge >= 0.3 is 0 Å². The fraction of sp³-hybridized carbons (Fsp3) is 0.250. The molecular weight excluding hydrogens is 384 g/mol. The van der Waals surface area contributed by atoms with E-state index in [0.717, 1.165) is 12.8 Å². The van der Waals surface area contributed by atoms with E-state index in [2.05, 4.69) is 113 Å². The maximum atomic E-state index is 2.46. The number of rotatable bonds is 4. The Morgan fingerprint density at radius 1 is 0.625 bits per heavy atom. The maximum Gasteiger partial charge on any atom is 0.0159 e. The molecule has 0 N–H and O–H groups in total. The Labute approximate surface area is 193 Å². The van der Waals surface area contributed by atoms with Crippen molar-refractivity contribution in [2.45, 2.75) is 52.9 Å².